The van der Waals surface area contributed by atoms with E-state index in [0.29, 0.717) is 0 Å². The highest BCUT2D eigenvalue weighted by atomic mass is 16.4. The summed E-state index contributed by atoms with van der Waals surface area (Å²) < 4.78 is 0. The van der Waals surface area contributed by atoms with Crippen LogP contribution in [0.15, 0.2) is 23.5 Å². The molecular weight excluding hydrogens is 242 g/mol. The SMILES string of the molecule is Cc1cccnc1N1CCN(C(C)C(N)=NO)CC1. The zero-order chi connectivity index (χ0) is 13.8. The number of oxime groups is 1. The molecule has 1 aliphatic rings. The number of hydrogen-bond acceptors (Lipinski definition) is 5. The van der Waals surface area contributed by atoms with Gasteiger partial charge in [-0.2, -0.15) is 0 Å². The molecule has 6 nitrogen and oxygen atoms in total. The maximum absolute atomic E-state index is 8.72. The Hall–Kier alpha value is -1.82. The molecule has 1 unspecified atom stereocenters. The molecule has 2 heterocycles. The normalized spacial score (nSPS) is 19.5. The molecule has 2 rings (SSSR count). The standard InChI is InChI=1S/C13H21N5O/c1-10-4-3-5-15-13(10)18-8-6-17(7-9-18)11(2)12(14)16-19/h3-5,11,19H,6-9H2,1-2H3,(H2,14,16). The van der Waals surface area contributed by atoms with Crippen LogP contribution in [0, 0.1) is 6.92 Å². The maximum atomic E-state index is 8.72. The first kappa shape index (κ1) is 13.6. The summed E-state index contributed by atoms with van der Waals surface area (Å²) in [7, 11) is 0. The molecule has 1 aromatic heterocycles. The first-order valence-corrected chi connectivity index (χ1v) is 6.51. The Labute approximate surface area is 113 Å². The van der Waals surface area contributed by atoms with Gasteiger partial charge in [0.05, 0.1) is 6.04 Å². The van der Waals surface area contributed by atoms with Crippen molar-refractivity contribution >= 4 is 11.7 Å². The van der Waals surface area contributed by atoms with Gasteiger partial charge in [-0.25, -0.2) is 4.98 Å². The number of amidine groups is 1. The Morgan fingerprint density at radius 3 is 2.68 bits per heavy atom. The van der Waals surface area contributed by atoms with E-state index in [0.717, 1.165) is 32.0 Å². The third-order valence-corrected chi connectivity index (χ3v) is 3.69. The number of aromatic nitrogens is 1. The fraction of sp³-hybridized carbons (Fsp3) is 0.538. The van der Waals surface area contributed by atoms with Crippen molar-refractivity contribution in [2.24, 2.45) is 10.9 Å². The van der Waals surface area contributed by atoms with Gasteiger partial charge < -0.3 is 15.8 Å². The zero-order valence-electron chi connectivity index (χ0n) is 11.5. The van der Waals surface area contributed by atoms with Gasteiger partial charge in [0.15, 0.2) is 5.84 Å². The molecule has 1 aliphatic heterocycles. The van der Waals surface area contributed by atoms with Gasteiger partial charge in [-0.3, -0.25) is 4.90 Å². The smallest absolute Gasteiger partial charge is 0.156 e. The van der Waals surface area contributed by atoms with E-state index in [9.17, 15) is 0 Å². The average Bonchev–Trinajstić information content (AvgIpc) is 2.46. The summed E-state index contributed by atoms with van der Waals surface area (Å²) in [5.41, 5.74) is 6.84. The predicted molar refractivity (Wildman–Crippen MR) is 75.6 cm³/mol. The number of rotatable bonds is 3. The van der Waals surface area contributed by atoms with E-state index in [2.05, 4.69) is 32.9 Å². The second-order valence-corrected chi connectivity index (χ2v) is 4.87. The fourth-order valence-electron chi connectivity index (χ4n) is 2.40. The molecule has 0 aliphatic carbocycles. The van der Waals surface area contributed by atoms with Gasteiger partial charge in [0.1, 0.15) is 5.82 Å². The van der Waals surface area contributed by atoms with Crippen LogP contribution in [0.3, 0.4) is 0 Å². The molecule has 1 fully saturated rings. The number of hydrogen-bond donors (Lipinski definition) is 2. The van der Waals surface area contributed by atoms with Crippen LogP contribution >= 0.6 is 0 Å². The lowest BCUT2D eigenvalue weighted by Gasteiger charge is -2.38. The van der Waals surface area contributed by atoms with E-state index >= 15 is 0 Å². The number of piperazine rings is 1. The average molecular weight is 263 g/mol. The molecule has 0 aromatic carbocycles. The van der Waals surface area contributed by atoms with Crippen LogP contribution in [-0.4, -0.2) is 53.1 Å². The van der Waals surface area contributed by atoms with Crippen molar-refractivity contribution in [2.75, 3.05) is 31.1 Å². The van der Waals surface area contributed by atoms with Crippen LogP contribution in [0.25, 0.3) is 0 Å². The minimum absolute atomic E-state index is 0.0306. The Kier molecular flexibility index (Phi) is 4.21. The minimum atomic E-state index is -0.0306. The van der Waals surface area contributed by atoms with Gasteiger partial charge in [0, 0.05) is 32.4 Å². The van der Waals surface area contributed by atoms with E-state index in [-0.39, 0.29) is 11.9 Å². The topological polar surface area (TPSA) is 78.0 Å². The second kappa shape index (κ2) is 5.88. The molecular formula is C13H21N5O. The molecule has 0 bridgehead atoms. The van der Waals surface area contributed by atoms with Crippen LogP contribution in [0.5, 0.6) is 0 Å². The Bertz CT molecular complexity index is 454. The zero-order valence-corrected chi connectivity index (χ0v) is 11.5. The molecule has 0 amide bonds. The molecule has 0 radical (unpaired) electrons. The van der Waals surface area contributed by atoms with Crippen LogP contribution in [0.4, 0.5) is 5.82 Å². The van der Waals surface area contributed by atoms with Crippen molar-refractivity contribution in [2.45, 2.75) is 19.9 Å². The Morgan fingerprint density at radius 1 is 1.42 bits per heavy atom. The van der Waals surface area contributed by atoms with E-state index in [1.54, 1.807) is 0 Å². The predicted octanol–water partition coefficient (Wildman–Crippen LogP) is 0.647. The van der Waals surface area contributed by atoms with Gasteiger partial charge in [0.25, 0.3) is 0 Å². The van der Waals surface area contributed by atoms with E-state index in [1.165, 1.54) is 5.56 Å². The minimum Gasteiger partial charge on any atom is -0.409 e. The van der Waals surface area contributed by atoms with Gasteiger partial charge in [0.2, 0.25) is 0 Å². The van der Waals surface area contributed by atoms with E-state index in [4.69, 9.17) is 10.9 Å². The fourth-order valence-corrected chi connectivity index (χ4v) is 2.40. The number of anilines is 1. The lowest BCUT2D eigenvalue weighted by atomic mass is 10.2. The molecule has 6 heteroatoms. The molecule has 1 saturated heterocycles. The van der Waals surface area contributed by atoms with Gasteiger partial charge in [-0.05, 0) is 25.5 Å². The summed E-state index contributed by atoms with van der Waals surface area (Å²) >= 11 is 0. The van der Waals surface area contributed by atoms with E-state index < -0.39 is 0 Å². The molecule has 1 atom stereocenters. The summed E-state index contributed by atoms with van der Waals surface area (Å²) in [6, 6.07) is 4.00. The third-order valence-electron chi connectivity index (χ3n) is 3.69. The van der Waals surface area contributed by atoms with Crippen LogP contribution in [0.1, 0.15) is 12.5 Å². The highest BCUT2D eigenvalue weighted by molar-refractivity contribution is 5.84. The number of aryl methyl sites for hydroxylation is 1. The lowest BCUT2D eigenvalue weighted by Crippen LogP contribution is -2.53. The summed E-state index contributed by atoms with van der Waals surface area (Å²) in [6.45, 7) is 7.60. The van der Waals surface area contributed by atoms with Crippen LogP contribution in [0.2, 0.25) is 0 Å². The Balaban J connectivity index is 1.98. The third kappa shape index (κ3) is 2.96. The maximum Gasteiger partial charge on any atom is 0.156 e. The van der Waals surface area contributed by atoms with Gasteiger partial charge in [-0.1, -0.05) is 11.2 Å². The number of nitrogens with two attached hydrogens (primary N) is 1. The molecule has 19 heavy (non-hydrogen) atoms. The van der Waals surface area contributed by atoms with Crippen molar-refractivity contribution in [3.05, 3.63) is 23.9 Å². The van der Waals surface area contributed by atoms with Crippen molar-refractivity contribution in [1.29, 1.82) is 0 Å². The Morgan fingerprint density at radius 2 is 2.11 bits per heavy atom. The molecule has 104 valence electrons. The lowest BCUT2D eigenvalue weighted by molar-refractivity contribution is 0.229. The largest absolute Gasteiger partial charge is 0.409 e. The summed E-state index contributed by atoms with van der Waals surface area (Å²) in [6.07, 6.45) is 1.83. The second-order valence-electron chi connectivity index (χ2n) is 4.87. The van der Waals surface area contributed by atoms with Gasteiger partial charge in [-0.15, -0.1) is 0 Å². The summed E-state index contributed by atoms with van der Waals surface area (Å²) in [4.78, 5) is 8.94. The molecule has 1 aromatic rings. The van der Waals surface area contributed by atoms with Crippen LogP contribution < -0.4 is 10.6 Å². The van der Waals surface area contributed by atoms with Crippen LogP contribution in [-0.2, 0) is 0 Å². The first-order valence-electron chi connectivity index (χ1n) is 6.51. The van der Waals surface area contributed by atoms with E-state index in [1.807, 2.05) is 19.2 Å². The first-order chi connectivity index (χ1) is 9.13. The number of pyridine rings is 1. The van der Waals surface area contributed by atoms with Gasteiger partial charge >= 0.3 is 0 Å². The summed E-state index contributed by atoms with van der Waals surface area (Å²) in [5.74, 6) is 1.32. The van der Waals surface area contributed by atoms with Crippen molar-refractivity contribution in [3.63, 3.8) is 0 Å². The number of nitrogens with zero attached hydrogens (tertiary/aromatic N) is 4. The highest BCUT2D eigenvalue weighted by Gasteiger charge is 2.24. The quantitative estimate of drug-likeness (QED) is 0.362. The summed E-state index contributed by atoms with van der Waals surface area (Å²) in [5, 5.41) is 11.8. The van der Waals surface area contributed by atoms with Crippen molar-refractivity contribution < 1.29 is 5.21 Å². The molecule has 3 N–H and O–H groups in total. The van der Waals surface area contributed by atoms with Crippen molar-refractivity contribution in [1.82, 2.24) is 9.88 Å². The van der Waals surface area contributed by atoms with Crippen molar-refractivity contribution in [3.8, 4) is 0 Å². The highest BCUT2D eigenvalue weighted by Crippen LogP contribution is 2.18. The monoisotopic (exact) mass is 263 g/mol. The molecule has 0 saturated carbocycles. The molecule has 0 spiro atoms.